The van der Waals surface area contributed by atoms with Crippen molar-refractivity contribution >= 4 is 17.1 Å². The summed E-state index contributed by atoms with van der Waals surface area (Å²) in [6.07, 6.45) is 0. The van der Waals surface area contributed by atoms with Crippen LogP contribution in [0, 0.1) is 0 Å². The van der Waals surface area contributed by atoms with Crippen molar-refractivity contribution in [3.63, 3.8) is 0 Å². The number of ketones is 1. The summed E-state index contributed by atoms with van der Waals surface area (Å²) in [6, 6.07) is 12.5. The van der Waals surface area contributed by atoms with Gasteiger partial charge in [-0.25, -0.2) is 0 Å². The molecule has 1 nitrogen and oxygen atoms in total. The quantitative estimate of drug-likeness (QED) is 0.713. The number of rotatable bonds is 3. The highest BCUT2D eigenvalue weighted by atomic mass is 32.1. The minimum atomic E-state index is 0.139. The molecule has 0 aliphatic rings. The number of Topliss-reactive ketones (excluding diaryl/α,β-unsaturated/α-hetero) is 1. The predicted molar refractivity (Wildman–Crippen MR) is 73.8 cm³/mol. The number of carbonyl (C=O) groups is 1. The SMILES string of the molecule is CC(=O)c1ccc(-c2ccc(C(C)C)cc2)s1. The van der Waals surface area contributed by atoms with E-state index in [0.717, 1.165) is 9.75 Å². The molecule has 0 atom stereocenters. The van der Waals surface area contributed by atoms with Gasteiger partial charge in [0, 0.05) is 4.88 Å². The summed E-state index contributed by atoms with van der Waals surface area (Å²) in [5, 5.41) is 0. The van der Waals surface area contributed by atoms with Gasteiger partial charge < -0.3 is 0 Å². The van der Waals surface area contributed by atoms with Crippen LogP contribution in [0.1, 0.15) is 41.9 Å². The molecular weight excluding hydrogens is 228 g/mol. The standard InChI is InChI=1S/C15H16OS/c1-10(2)12-4-6-13(7-5-12)15-9-8-14(17-15)11(3)16/h4-10H,1-3H3. The summed E-state index contributed by atoms with van der Waals surface area (Å²) in [6.45, 7) is 5.99. The van der Waals surface area contributed by atoms with Gasteiger partial charge >= 0.3 is 0 Å². The lowest BCUT2D eigenvalue weighted by Gasteiger charge is -2.05. The number of hydrogen-bond acceptors (Lipinski definition) is 2. The summed E-state index contributed by atoms with van der Waals surface area (Å²) in [4.78, 5) is 13.2. The normalized spacial score (nSPS) is 10.8. The van der Waals surface area contributed by atoms with Crippen molar-refractivity contribution in [3.05, 3.63) is 46.8 Å². The molecule has 1 aromatic carbocycles. The predicted octanol–water partition coefficient (Wildman–Crippen LogP) is 4.74. The van der Waals surface area contributed by atoms with E-state index in [9.17, 15) is 4.79 Å². The van der Waals surface area contributed by atoms with E-state index in [4.69, 9.17) is 0 Å². The third-order valence-corrected chi connectivity index (χ3v) is 4.05. The topological polar surface area (TPSA) is 17.1 Å². The van der Waals surface area contributed by atoms with Crippen LogP contribution in [0.4, 0.5) is 0 Å². The second kappa shape index (κ2) is 4.84. The van der Waals surface area contributed by atoms with Crippen LogP contribution in [-0.4, -0.2) is 5.78 Å². The van der Waals surface area contributed by atoms with Gasteiger partial charge in [-0.15, -0.1) is 11.3 Å². The van der Waals surface area contributed by atoms with Crippen molar-refractivity contribution in [2.45, 2.75) is 26.7 Å². The third kappa shape index (κ3) is 2.64. The monoisotopic (exact) mass is 244 g/mol. The summed E-state index contributed by atoms with van der Waals surface area (Å²) in [7, 11) is 0. The van der Waals surface area contributed by atoms with Gasteiger partial charge in [0.25, 0.3) is 0 Å². The molecule has 2 aromatic rings. The number of carbonyl (C=O) groups excluding carboxylic acids is 1. The lowest BCUT2D eigenvalue weighted by atomic mass is 10.0. The van der Waals surface area contributed by atoms with E-state index in [1.807, 2.05) is 12.1 Å². The van der Waals surface area contributed by atoms with Crippen LogP contribution in [0.2, 0.25) is 0 Å². The van der Waals surface area contributed by atoms with Gasteiger partial charge in [-0.3, -0.25) is 4.79 Å². The first-order valence-corrected chi connectivity index (χ1v) is 6.60. The zero-order chi connectivity index (χ0) is 12.4. The fraction of sp³-hybridized carbons (Fsp3) is 0.267. The molecule has 2 heteroatoms. The van der Waals surface area contributed by atoms with Crippen LogP contribution in [0.15, 0.2) is 36.4 Å². The second-order valence-electron chi connectivity index (χ2n) is 4.50. The molecule has 0 amide bonds. The second-order valence-corrected chi connectivity index (χ2v) is 5.58. The Morgan fingerprint density at radius 2 is 1.71 bits per heavy atom. The summed E-state index contributed by atoms with van der Waals surface area (Å²) in [5.74, 6) is 0.695. The maximum Gasteiger partial charge on any atom is 0.169 e. The van der Waals surface area contributed by atoms with Crippen LogP contribution < -0.4 is 0 Å². The minimum Gasteiger partial charge on any atom is -0.294 e. The molecule has 0 aliphatic carbocycles. The van der Waals surface area contributed by atoms with Crippen molar-refractivity contribution in [1.29, 1.82) is 0 Å². The molecule has 88 valence electrons. The van der Waals surface area contributed by atoms with Gasteiger partial charge in [-0.1, -0.05) is 38.1 Å². The molecule has 0 unspecified atom stereocenters. The summed E-state index contributed by atoms with van der Waals surface area (Å²) in [5.41, 5.74) is 2.53. The first-order valence-electron chi connectivity index (χ1n) is 5.79. The van der Waals surface area contributed by atoms with E-state index in [0.29, 0.717) is 5.92 Å². The molecule has 0 bridgehead atoms. The minimum absolute atomic E-state index is 0.139. The highest BCUT2D eigenvalue weighted by Gasteiger charge is 2.06. The Bertz CT molecular complexity index is 520. The highest BCUT2D eigenvalue weighted by Crippen LogP contribution is 2.29. The first kappa shape index (κ1) is 12.1. The van der Waals surface area contributed by atoms with E-state index in [-0.39, 0.29) is 5.78 Å². The Balaban J connectivity index is 2.30. The average Bonchev–Trinajstić information content (AvgIpc) is 2.78. The fourth-order valence-electron chi connectivity index (χ4n) is 1.71. The maximum absolute atomic E-state index is 11.2. The third-order valence-electron chi connectivity index (χ3n) is 2.81. The van der Waals surface area contributed by atoms with Crippen molar-refractivity contribution in [2.75, 3.05) is 0 Å². The highest BCUT2D eigenvalue weighted by molar-refractivity contribution is 7.17. The Kier molecular flexibility index (Phi) is 3.43. The molecule has 0 spiro atoms. The van der Waals surface area contributed by atoms with Crippen molar-refractivity contribution < 1.29 is 4.79 Å². The summed E-state index contributed by atoms with van der Waals surface area (Å²) < 4.78 is 0. The molecule has 0 aliphatic heterocycles. The molecule has 0 saturated heterocycles. The van der Waals surface area contributed by atoms with Crippen molar-refractivity contribution in [1.82, 2.24) is 0 Å². The maximum atomic E-state index is 11.2. The van der Waals surface area contributed by atoms with Crippen LogP contribution >= 0.6 is 11.3 Å². The van der Waals surface area contributed by atoms with Crippen LogP contribution in [0.25, 0.3) is 10.4 Å². The molecular formula is C15H16OS. The molecule has 0 saturated carbocycles. The Morgan fingerprint density at radius 1 is 1.06 bits per heavy atom. The molecule has 1 heterocycles. The largest absolute Gasteiger partial charge is 0.294 e. The average molecular weight is 244 g/mol. The van der Waals surface area contributed by atoms with E-state index in [1.54, 1.807) is 18.3 Å². The Morgan fingerprint density at radius 3 is 2.18 bits per heavy atom. The zero-order valence-electron chi connectivity index (χ0n) is 10.4. The van der Waals surface area contributed by atoms with Gasteiger partial charge in [0.15, 0.2) is 5.78 Å². The van der Waals surface area contributed by atoms with Gasteiger partial charge in [0.2, 0.25) is 0 Å². The zero-order valence-corrected chi connectivity index (χ0v) is 11.2. The van der Waals surface area contributed by atoms with E-state index < -0.39 is 0 Å². The van der Waals surface area contributed by atoms with Crippen LogP contribution in [0.3, 0.4) is 0 Å². The van der Waals surface area contributed by atoms with E-state index in [1.165, 1.54) is 11.1 Å². The lowest BCUT2D eigenvalue weighted by Crippen LogP contribution is -1.85. The molecule has 0 N–H and O–H groups in total. The Hall–Kier alpha value is -1.41. The van der Waals surface area contributed by atoms with Gasteiger partial charge in [0.05, 0.1) is 4.88 Å². The first-order chi connectivity index (χ1) is 8.08. The lowest BCUT2D eigenvalue weighted by molar-refractivity contribution is 0.102. The van der Waals surface area contributed by atoms with Crippen molar-refractivity contribution in [3.8, 4) is 10.4 Å². The van der Waals surface area contributed by atoms with Crippen LogP contribution in [-0.2, 0) is 0 Å². The van der Waals surface area contributed by atoms with Crippen molar-refractivity contribution in [2.24, 2.45) is 0 Å². The molecule has 17 heavy (non-hydrogen) atoms. The smallest absolute Gasteiger partial charge is 0.169 e. The van der Waals surface area contributed by atoms with Gasteiger partial charge in [-0.05, 0) is 36.1 Å². The van der Waals surface area contributed by atoms with Gasteiger partial charge in [0.1, 0.15) is 0 Å². The Labute approximate surface area is 106 Å². The number of benzene rings is 1. The molecule has 2 rings (SSSR count). The van der Waals surface area contributed by atoms with E-state index >= 15 is 0 Å². The molecule has 0 fully saturated rings. The molecule has 0 radical (unpaired) electrons. The molecule has 1 aromatic heterocycles. The fourth-order valence-corrected chi connectivity index (χ4v) is 2.62. The number of thiophene rings is 1. The summed E-state index contributed by atoms with van der Waals surface area (Å²) >= 11 is 1.56. The van der Waals surface area contributed by atoms with E-state index in [2.05, 4.69) is 38.1 Å². The van der Waals surface area contributed by atoms with Crippen LogP contribution in [0.5, 0.6) is 0 Å². The number of hydrogen-bond donors (Lipinski definition) is 0. The van der Waals surface area contributed by atoms with Gasteiger partial charge in [-0.2, -0.15) is 0 Å².